The molecule has 1 aromatic carbocycles. The first kappa shape index (κ1) is 11.2. The third-order valence-electron chi connectivity index (χ3n) is 3.30. The average Bonchev–Trinajstić information content (AvgIpc) is 2.81. The Balaban J connectivity index is 1.99. The molecule has 88 valence electrons. The van der Waals surface area contributed by atoms with Gasteiger partial charge in [0.05, 0.1) is 0 Å². The smallest absolute Gasteiger partial charge is 0.104 e. The molecule has 1 atom stereocenters. The zero-order chi connectivity index (χ0) is 12.0. The third-order valence-corrected chi connectivity index (χ3v) is 5.64. The number of nitrogens with one attached hydrogen (secondary N) is 1. The van der Waals surface area contributed by atoms with Gasteiger partial charge in [-0.25, -0.2) is 0 Å². The van der Waals surface area contributed by atoms with Gasteiger partial charge < -0.3 is 5.32 Å². The molecule has 2 aromatic rings. The lowest BCUT2D eigenvalue weighted by atomic mass is 10.1. The van der Waals surface area contributed by atoms with Crippen LogP contribution in [0.4, 0.5) is 5.69 Å². The van der Waals surface area contributed by atoms with Gasteiger partial charge in [-0.15, -0.1) is 11.3 Å². The van der Waals surface area contributed by atoms with Gasteiger partial charge in [0.15, 0.2) is 0 Å². The van der Waals surface area contributed by atoms with Crippen LogP contribution in [0.3, 0.4) is 0 Å². The first-order chi connectivity index (χ1) is 8.16. The molecule has 0 fully saturated rings. The van der Waals surface area contributed by atoms with Gasteiger partial charge in [0.25, 0.3) is 0 Å². The molecule has 1 aromatic heterocycles. The van der Waals surface area contributed by atoms with Gasteiger partial charge in [-0.2, -0.15) is 0 Å². The maximum Gasteiger partial charge on any atom is 0.104 e. The molecule has 0 amide bonds. The van der Waals surface area contributed by atoms with Crippen molar-refractivity contribution in [3.8, 4) is 0 Å². The maximum absolute atomic E-state index is 3.62. The van der Waals surface area contributed by atoms with E-state index in [9.17, 15) is 0 Å². The quantitative estimate of drug-likeness (QED) is 0.784. The van der Waals surface area contributed by atoms with Gasteiger partial charge in [0, 0.05) is 25.9 Å². The molecule has 1 aliphatic rings. The molecule has 0 spiro atoms. The second-order valence-corrected chi connectivity index (χ2v) is 6.97. The molecule has 1 aliphatic heterocycles. The van der Waals surface area contributed by atoms with Crippen LogP contribution in [0.2, 0.25) is 0 Å². The van der Waals surface area contributed by atoms with E-state index in [0.717, 1.165) is 0 Å². The second-order valence-electron chi connectivity index (χ2n) is 4.39. The highest BCUT2D eigenvalue weighted by Gasteiger charge is 2.26. The lowest BCUT2D eigenvalue weighted by Crippen LogP contribution is -2.03. The van der Waals surface area contributed by atoms with Crippen LogP contribution >= 0.6 is 23.1 Å². The first-order valence-electron chi connectivity index (χ1n) is 5.75. The topological polar surface area (TPSA) is 12.0 Å². The highest BCUT2D eigenvalue weighted by molar-refractivity contribution is 8.00. The van der Waals surface area contributed by atoms with Crippen molar-refractivity contribution in [2.24, 2.45) is 0 Å². The van der Waals surface area contributed by atoms with Gasteiger partial charge in [-0.3, -0.25) is 0 Å². The van der Waals surface area contributed by atoms with E-state index in [1.165, 1.54) is 31.5 Å². The Kier molecular flexibility index (Phi) is 2.68. The van der Waals surface area contributed by atoms with Gasteiger partial charge >= 0.3 is 0 Å². The fraction of sp³-hybridized carbons (Fsp3) is 0.286. The van der Waals surface area contributed by atoms with Crippen molar-refractivity contribution in [2.45, 2.75) is 31.0 Å². The summed E-state index contributed by atoms with van der Waals surface area (Å²) in [6, 6.07) is 8.55. The number of aryl methyl sites for hydroxylation is 2. The Bertz CT molecular complexity index is 547. The van der Waals surface area contributed by atoms with E-state index in [2.05, 4.69) is 50.4 Å². The van der Waals surface area contributed by atoms with Crippen LogP contribution in [0.1, 0.15) is 26.3 Å². The first-order valence-corrected chi connectivity index (χ1v) is 7.45. The van der Waals surface area contributed by atoms with Crippen LogP contribution in [0.15, 0.2) is 29.2 Å². The zero-order valence-electron chi connectivity index (χ0n) is 10.2. The normalized spacial score (nSPS) is 17.9. The van der Waals surface area contributed by atoms with Crippen molar-refractivity contribution in [3.05, 3.63) is 45.1 Å². The van der Waals surface area contributed by atoms with Crippen LogP contribution in [0.25, 0.3) is 0 Å². The lowest BCUT2D eigenvalue weighted by molar-refractivity contribution is 1.10. The summed E-state index contributed by atoms with van der Waals surface area (Å²) in [6.07, 6.45) is 0. The molecule has 3 heteroatoms. The van der Waals surface area contributed by atoms with E-state index >= 15 is 0 Å². The Hall–Kier alpha value is -0.930. The highest BCUT2D eigenvalue weighted by Crippen LogP contribution is 2.49. The molecule has 1 unspecified atom stereocenters. The third kappa shape index (κ3) is 1.78. The Labute approximate surface area is 110 Å². The summed E-state index contributed by atoms with van der Waals surface area (Å²) in [5.74, 6) is 0. The number of benzene rings is 1. The predicted molar refractivity (Wildman–Crippen MR) is 77.2 cm³/mol. The molecule has 0 saturated heterocycles. The number of para-hydroxylation sites is 1. The highest BCUT2D eigenvalue weighted by atomic mass is 32.2. The minimum absolute atomic E-state index is 0.386. The molecule has 3 rings (SSSR count). The summed E-state index contributed by atoms with van der Waals surface area (Å²) in [5.41, 5.74) is 4.20. The van der Waals surface area contributed by atoms with Gasteiger partial charge in [0.2, 0.25) is 0 Å². The van der Waals surface area contributed by atoms with Crippen molar-refractivity contribution >= 4 is 28.8 Å². The second kappa shape index (κ2) is 4.07. The van der Waals surface area contributed by atoms with E-state index < -0.39 is 0 Å². The van der Waals surface area contributed by atoms with Crippen LogP contribution in [-0.2, 0) is 0 Å². The largest absolute Gasteiger partial charge is 0.368 e. The van der Waals surface area contributed by atoms with E-state index in [1.54, 1.807) is 0 Å². The molecule has 0 radical (unpaired) electrons. The van der Waals surface area contributed by atoms with Crippen LogP contribution in [0.5, 0.6) is 0 Å². The van der Waals surface area contributed by atoms with Gasteiger partial charge in [-0.05, 0) is 38.5 Å². The number of thiophene rings is 1. The summed E-state index contributed by atoms with van der Waals surface area (Å²) < 4.78 is 0. The number of fused-ring (bicyclic) bond motifs is 1. The summed E-state index contributed by atoms with van der Waals surface area (Å²) >= 11 is 3.83. The molecule has 0 aliphatic carbocycles. The number of hydrogen-bond acceptors (Lipinski definition) is 3. The van der Waals surface area contributed by atoms with Gasteiger partial charge in [-0.1, -0.05) is 23.9 Å². The Morgan fingerprint density at radius 2 is 1.82 bits per heavy atom. The van der Waals surface area contributed by atoms with Crippen molar-refractivity contribution in [2.75, 3.05) is 5.32 Å². The standard InChI is InChI=1S/C14H15NS2/c1-8-9(2)16-10(3)13(8)14-15-11-6-4-5-7-12(11)17-14/h4-7,14-15H,1-3H3. The molecular formula is C14H15NS2. The monoisotopic (exact) mass is 261 g/mol. The van der Waals surface area contributed by atoms with E-state index in [-0.39, 0.29) is 0 Å². The SMILES string of the molecule is Cc1sc(C)c(C2Nc3ccccc3S2)c1C. The van der Waals surface area contributed by atoms with Crippen LogP contribution in [0, 0.1) is 20.8 Å². The Morgan fingerprint density at radius 3 is 2.47 bits per heavy atom. The summed E-state index contributed by atoms with van der Waals surface area (Å²) in [4.78, 5) is 4.24. The number of anilines is 1. The summed E-state index contributed by atoms with van der Waals surface area (Å²) in [5, 5.41) is 4.00. The van der Waals surface area contributed by atoms with Crippen molar-refractivity contribution in [3.63, 3.8) is 0 Å². The summed E-state index contributed by atoms with van der Waals surface area (Å²) in [6.45, 7) is 6.67. The minimum atomic E-state index is 0.386. The van der Waals surface area contributed by atoms with Gasteiger partial charge in [0.1, 0.15) is 5.37 Å². The molecule has 2 heterocycles. The van der Waals surface area contributed by atoms with E-state index in [0.29, 0.717) is 5.37 Å². The van der Waals surface area contributed by atoms with Crippen LogP contribution in [-0.4, -0.2) is 0 Å². The zero-order valence-corrected chi connectivity index (χ0v) is 11.8. The Morgan fingerprint density at radius 1 is 1.06 bits per heavy atom. The molecule has 1 nitrogen and oxygen atoms in total. The molecule has 17 heavy (non-hydrogen) atoms. The average molecular weight is 261 g/mol. The molecule has 0 saturated carbocycles. The number of thioether (sulfide) groups is 1. The fourth-order valence-corrected chi connectivity index (χ4v) is 4.81. The maximum atomic E-state index is 3.62. The lowest BCUT2D eigenvalue weighted by Gasteiger charge is -2.12. The van der Waals surface area contributed by atoms with Crippen molar-refractivity contribution in [1.82, 2.24) is 0 Å². The van der Waals surface area contributed by atoms with Crippen molar-refractivity contribution < 1.29 is 0 Å². The molecular weight excluding hydrogens is 246 g/mol. The van der Waals surface area contributed by atoms with Crippen molar-refractivity contribution in [1.29, 1.82) is 0 Å². The summed E-state index contributed by atoms with van der Waals surface area (Å²) in [7, 11) is 0. The molecule has 0 bridgehead atoms. The minimum Gasteiger partial charge on any atom is -0.368 e. The fourth-order valence-electron chi connectivity index (χ4n) is 2.31. The number of hydrogen-bond donors (Lipinski definition) is 1. The van der Waals surface area contributed by atoms with Crippen LogP contribution < -0.4 is 5.32 Å². The predicted octanol–water partition coefficient (Wildman–Crippen LogP) is 4.89. The number of rotatable bonds is 1. The molecule has 1 N–H and O–H groups in total. The van der Waals surface area contributed by atoms with E-state index in [4.69, 9.17) is 0 Å². The van der Waals surface area contributed by atoms with E-state index in [1.807, 2.05) is 23.1 Å².